The van der Waals surface area contributed by atoms with Gasteiger partial charge in [0.05, 0.1) is 10.9 Å². The normalized spacial score (nSPS) is 17.9. The van der Waals surface area contributed by atoms with Gasteiger partial charge in [-0.3, -0.25) is 4.79 Å². The summed E-state index contributed by atoms with van der Waals surface area (Å²) in [7, 11) is -3.34. The average Bonchev–Trinajstić information content (AvgIpc) is 3.04. The first kappa shape index (κ1) is 16.7. The Bertz CT molecular complexity index is 859. The van der Waals surface area contributed by atoms with E-state index in [1.54, 1.807) is 12.1 Å². The molecule has 126 valence electrons. The monoisotopic (exact) mass is 343 g/mol. The topological polar surface area (TPSA) is 54.5 Å². The number of sulfone groups is 1. The van der Waals surface area contributed by atoms with Gasteiger partial charge in [0.15, 0.2) is 9.84 Å². The smallest absolute Gasteiger partial charge is 0.254 e. The van der Waals surface area contributed by atoms with Crippen molar-refractivity contribution in [3.8, 4) is 0 Å². The highest BCUT2D eigenvalue weighted by Crippen LogP contribution is 2.33. The lowest BCUT2D eigenvalue weighted by Gasteiger charge is -2.26. The van der Waals surface area contributed by atoms with Gasteiger partial charge in [0, 0.05) is 18.4 Å². The number of benzene rings is 2. The zero-order valence-electron chi connectivity index (χ0n) is 13.9. The van der Waals surface area contributed by atoms with Crippen LogP contribution in [0.15, 0.2) is 53.4 Å². The van der Waals surface area contributed by atoms with Crippen LogP contribution in [0.5, 0.6) is 0 Å². The predicted molar refractivity (Wildman–Crippen MR) is 93.7 cm³/mol. The maximum Gasteiger partial charge on any atom is 0.254 e. The summed E-state index contributed by atoms with van der Waals surface area (Å²) in [5, 5.41) is 0. The van der Waals surface area contributed by atoms with E-state index in [2.05, 4.69) is 0 Å². The van der Waals surface area contributed by atoms with Crippen LogP contribution in [-0.2, 0) is 9.84 Å². The molecule has 0 saturated carbocycles. The molecule has 5 heteroatoms. The molecule has 4 nitrogen and oxygen atoms in total. The highest BCUT2D eigenvalue weighted by atomic mass is 32.2. The maximum atomic E-state index is 13.1. The van der Waals surface area contributed by atoms with Gasteiger partial charge in [0.1, 0.15) is 0 Å². The number of carbonyl (C=O) groups excluding carboxylic acids is 1. The lowest BCUT2D eigenvalue weighted by molar-refractivity contribution is 0.0734. The van der Waals surface area contributed by atoms with E-state index in [9.17, 15) is 13.2 Å². The summed E-state index contributed by atoms with van der Waals surface area (Å²) in [6, 6.07) is 14.8. The van der Waals surface area contributed by atoms with Crippen LogP contribution in [0.25, 0.3) is 0 Å². The van der Waals surface area contributed by atoms with Crippen LogP contribution in [0.1, 0.15) is 40.4 Å². The highest BCUT2D eigenvalue weighted by molar-refractivity contribution is 7.90. The molecule has 1 saturated heterocycles. The Labute approximate surface area is 143 Å². The van der Waals surface area contributed by atoms with Crippen molar-refractivity contribution in [3.63, 3.8) is 0 Å². The fourth-order valence-electron chi connectivity index (χ4n) is 3.25. The molecule has 1 fully saturated rings. The van der Waals surface area contributed by atoms with Crippen molar-refractivity contribution in [2.24, 2.45) is 0 Å². The number of carbonyl (C=O) groups is 1. The molecule has 0 bridgehead atoms. The first-order valence-corrected chi connectivity index (χ1v) is 9.93. The summed E-state index contributed by atoms with van der Waals surface area (Å²) in [5.74, 6) is -0.0932. The molecule has 0 N–H and O–H groups in total. The van der Waals surface area contributed by atoms with E-state index in [0.717, 1.165) is 30.2 Å². The Morgan fingerprint density at radius 3 is 2.50 bits per heavy atom. The molecule has 2 aromatic rings. The Hall–Kier alpha value is -2.14. The molecule has 3 rings (SSSR count). The standard InChI is InChI=1S/C19H21NO3S/c1-14-10-11-16(24(2,22)23)13-17(14)19(21)20-12-6-9-18(20)15-7-4-3-5-8-15/h3-5,7-8,10-11,13,18H,6,9,12H2,1-2H3. The van der Waals surface area contributed by atoms with E-state index >= 15 is 0 Å². The van der Waals surface area contributed by atoms with Gasteiger partial charge >= 0.3 is 0 Å². The van der Waals surface area contributed by atoms with Gasteiger partial charge in [-0.1, -0.05) is 36.4 Å². The van der Waals surface area contributed by atoms with Crippen molar-refractivity contribution in [2.75, 3.05) is 12.8 Å². The fraction of sp³-hybridized carbons (Fsp3) is 0.316. The van der Waals surface area contributed by atoms with Crippen LogP contribution in [0.2, 0.25) is 0 Å². The van der Waals surface area contributed by atoms with Gasteiger partial charge in [-0.05, 0) is 43.0 Å². The second kappa shape index (κ2) is 6.40. The molecule has 0 spiro atoms. The molecule has 1 heterocycles. The van der Waals surface area contributed by atoms with Gasteiger partial charge in [-0.25, -0.2) is 8.42 Å². The molecule has 1 atom stereocenters. The SMILES string of the molecule is Cc1ccc(S(C)(=O)=O)cc1C(=O)N1CCCC1c1ccccc1. The third kappa shape index (κ3) is 3.22. The summed E-state index contributed by atoms with van der Waals surface area (Å²) in [5.41, 5.74) is 2.40. The fourth-order valence-corrected chi connectivity index (χ4v) is 3.90. The van der Waals surface area contributed by atoms with Crippen molar-refractivity contribution in [1.29, 1.82) is 0 Å². The Balaban J connectivity index is 1.97. The first-order valence-electron chi connectivity index (χ1n) is 8.04. The molecule has 0 aromatic heterocycles. The van der Waals surface area contributed by atoms with Crippen molar-refractivity contribution >= 4 is 15.7 Å². The van der Waals surface area contributed by atoms with Crippen molar-refractivity contribution in [1.82, 2.24) is 4.90 Å². The molecule has 0 aliphatic carbocycles. The van der Waals surface area contributed by atoms with E-state index in [4.69, 9.17) is 0 Å². The van der Waals surface area contributed by atoms with Crippen LogP contribution >= 0.6 is 0 Å². The molecule has 0 radical (unpaired) electrons. The van der Waals surface area contributed by atoms with Crippen LogP contribution in [0.3, 0.4) is 0 Å². The van der Waals surface area contributed by atoms with Crippen LogP contribution in [-0.4, -0.2) is 32.0 Å². The average molecular weight is 343 g/mol. The van der Waals surface area contributed by atoms with Gasteiger partial charge in [0.2, 0.25) is 0 Å². The third-order valence-electron chi connectivity index (χ3n) is 4.57. The second-order valence-electron chi connectivity index (χ2n) is 6.32. The highest BCUT2D eigenvalue weighted by Gasteiger charge is 2.31. The number of likely N-dealkylation sites (tertiary alicyclic amines) is 1. The number of nitrogens with zero attached hydrogens (tertiary/aromatic N) is 1. The Kier molecular flexibility index (Phi) is 4.45. The summed E-state index contributed by atoms with van der Waals surface area (Å²) in [4.78, 5) is 15.1. The zero-order chi connectivity index (χ0) is 17.3. The summed E-state index contributed by atoms with van der Waals surface area (Å²) in [6.07, 6.45) is 3.05. The van der Waals surface area contributed by atoms with E-state index in [1.807, 2.05) is 42.2 Å². The second-order valence-corrected chi connectivity index (χ2v) is 8.33. The van der Waals surface area contributed by atoms with Crippen molar-refractivity contribution in [3.05, 3.63) is 65.2 Å². The number of rotatable bonds is 3. The van der Waals surface area contributed by atoms with Gasteiger partial charge in [-0.15, -0.1) is 0 Å². The minimum atomic E-state index is -3.34. The molecular formula is C19H21NO3S. The molecule has 1 aliphatic rings. The van der Waals surface area contributed by atoms with Crippen LogP contribution in [0.4, 0.5) is 0 Å². The number of aryl methyl sites for hydroxylation is 1. The molecule has 24 heavy (non-hydrogen) atoms. The third-order valence-corrected chi connectivity index (χ3v) is 5.68. The van der Waals surface area contributed by atoms with E-state index in [0.29, 0.717) is 12.1 Å². The van der Waals surface area contributed by atoms with Gasteiger partial charge < -0.3 is 4.90 Å². The maximum absolute atomic E-state index is 13.1. The Morgan fingerprint density at radius 2 is 1.83 bits per heavy atom. The largest absolute Gasteiger partial charge is 0.332 e. The van der Waals surface area contributed by atoms with Crippen LogP contribution < -0.4 is 0 Å². The van der Waals surface area contributed by atoms with Crippen molar-refractivity contribution in [2.45, 2.75) is 30.7 Å². The molecule has 1 unspecified atom stereocenters. The van der Waals surface area contributed by atoms with E-state index < -0.39 is 9.84 Å². The number of amides is 1. The zero-order valence-corrected chi connectivity index (χ0v) is 14.7. The van der Waals surface area contributed by atoms with Gasteiger partial charge in [0.25, 0.3) is 5.91 Å². The van der Waals surface area contributed by atoms with E-state index in [-0.39, 0.29) is 16.8 Å². The summed E-state index contributed by atoms with van der Waals surface area (Å²) >= 11 is 0. The molecule has 1 amide bonds. The lowest BCUT2D eigenvalue weighted by atomic mass is 10.0. The number of hydrogen-bond donors (Lipinski definition) is 0. The quantitative estimate of drug-likeness (QED) is 0.858. The molecule has 1 aliphatic heterocycles. The van der Waals surface area contributed by atoms with Gasteiger partial charge in [-0.2, -0.15) is 0 Å². The Morgan fingerprint density at radius 1 is 1.12 bits per heavy atom. The minimum Gasteiger partial charge on any atom is -0.332 e. The minimum absolute atomic E-state index is 0.0555. The lowest BCUT2D eigenvalue weighted by Crippen LogP contribution is -2.31. The predicted octanol–water partition coefficient (Wildman–Crippen LogP) is 3.38. The number of hydrogen-bond acceptors (Lipinski definition) is 3. The van der Waals surface area contributed by atoms with Crippen molar-refractivity contribution < 1.29 is 13.2 Å². The summed E-state index contributed by atoms with van der Waals surface area (Å²) in [6.45, 7) is 2.54. The molecule has 2 aromatic carbocycles. The first-order chi connectivity index (χ1) is 11.4. The summed E-state index contributed by atoms with van der Waals surface area (Å²) < 4.78 is 23.6. The van der Waals surface area contributed by atoms with E-state index in [1.165, 1.54) is 6.07 Å². The van der Waals surface area contributed by atoms with Crippen LogP contribution in [0, 0.1) is 6.92 Å². The molecular weight excluding hydrogens is 322 g/mol.